The van der Waals surface area contributed by atoms with E-state index in [1.807, 2.05) is 60.7 Å². The predicted molar refractivity (Wildman–Crippen MR) is 180 cm³/mol. The molecule has 45 heavy (non-hydrogen) atoms. The fourth-order valence-corrected chi connectivity index (χ4v) is 6.82. The van der Waals surface area contributed by atoms with E-state index in [0.29, 0.717) is 17.5 Å². The molecule has 5 heteroatoms. The first-order valence-corrected chi connectivity index (χ1v) is 15.2. The van der Waals surface area contributed by atoms with E-state index in [2.05, 4.69) is 91.2 Å². The maximum atomic E-state index is 6.78. The average Bonchev–Trinajstić information content (AvgIpc) is 3.71. The summed E-state index contributed by atoms with van der Waals surface area (Å²) in [6.07, 6.45) is 0. The van der Waals surface area contributed by atoms with Crippen molar-refractivity contribution in [1.29, 1.82) is 0 Å². The monoisotopic (exact) mass is 580 g/mol. The number of furan rings is 1. The summed E-state index contributed by atoms with van der Waals surface area (Å²) in [7, 11) is 0. The summed E-state index contributed by atoms with van der Waals surface area (Å²) >= 11 is 0. The SMILES string of the molecule is CC1(C)c2ccccc2-c2c1oc1c3ccccc3n(-c3ccc(-c4nc(-c5ccccc5)nc(-c5ccccc5)n4)cc3)c21. The van der Waals surface area contributed by atoms with Crippen LogP contribution in [0.25, 0.3) is 73.0 Å². The molecule has 5 nitrogen and oxygen atoms in total. The smallest absolute Gasteiger partial charge is 0.164 e. The number of aromatic nitrogens is 4. The van der Waals surface area contributed by atoms with Gasteiger partial charge in [0.05, 0.1) is 5.52 Å². The Hall–Kier alpha value is -5.81. The van der Waals surface area contributed by atoms with Crippen molar-refractivity contribution < 1.29 is 4.42 Å². The molecule has 3 aromatic heterocycles. The molecule has 3 heterocycles. The second-order valence-electron chi connectivity index (χ2n) is 12.1. The number of rotatable bonds is 4. The zero-order valence-electron chi connectivity index (χ0n) is 24.9. The molecule has 5 aromatic carbocycles. The molecule has 214 valence electrons. The largest absolute Gasteiger partial charge is 0.457 e. The first-order valence-electron chi connectivity index (χ1n) is 15.2. The van der Waals surface area contributed by atoms with Gasteiger partial charge < -0.3 is 8.98 Å². The van der Waals surface area contributed by atoms with Crippen LogP contribution in [0.3, 0.4) is 0 Å². The minimum Gasteiger partial charge on any atom is -0.457 e. The number of hydrogen-bond donors (Lipinski definition) is 0. The second kappa shape index (κ2) is 9.60. The Morgan fingerprint density at radius 1 is 0.556 bits per heavy atom. The van der Waals surface area contributed by atoms with Crippen LogP contribution in [0.15, 0.2) is 138 Å². The lowest BCUT2D eigenvalue weighted by molar-refractivity contribution is 0.466. The molecule has 9 rings (SSSR count). The lowest BCUT2D eigenvalue weighted by Crippen LogP contribution is -2.14. The Balaban J connectivity index is 1.23. The van der Waals surface area contributed by atoms with Crippen molar-refractivity contribution in [1.82, 2.24) is 19.5 Å². The van der Waals surface area contributed by atoms with Crippen molar-refractivity contribution in [2.45, 2.75) is 19.3 Å². The van der Waals surface area contributed by atoms with Gasteiger partial charge in [-0.25, -0.2) is 15.0 Å². The third-order valence-electron chi connectivity index (χ3n) is 9.02. The first kappa shape index (κ1) is 25.7. The number of para-hydroxylation sites is 1. The lowest BCUT2D eigenvalue weighted by Gasteiger charge is -2.18. The summed E-state index contributed by atoms with van der Waals surface area (Å²) in [5.41, 5.74) is 10.5. The van der Waals surface area contributed by atoms with Gasteiger partial charge in [-0.2, -0.15) is 0 Å². The molecule has 0 fully saturated rings. The number of hydrogen-bond acceptors (Lipinski definition) is 4. The first-order chi connectivity index (χ1) is 22.1. The van der Waals surface area contributed by atoms with E-state index < -0.39 is 0 Å². The van der Waals surface area contributed by atoms with Gasteiger partial charge in [0.2, 0.25) is 0 Å². The molecule has 0 saturated heterocycles. The standard InChI is InChI=1S/C40H28N4O/c1-40(2)31-19-11-9-17-29(31)33-34-35(45-36(33)40)30-18-10-12-20-32(30)44(34)28-23-21-27(22-24-28)39-42-37(25-13-5-3-6-14-25)41-38(43-39)26-15-7-4-8-16-26/h3-24H,1-2H3. The summed E-state index contributed by atoms with van der Waals surface area (Å²) < 4.78 is 9.12. The minimum absolute atomic E-state index is 0.216. The van der Waals surface area contributed by atoms with Crippen molar-refractivity contribution in [3.8, 4) is 51.0 Å². The van der Waals surface area contributed by atoms with Crippen molar-refractivity contribution in [3.63, 3.8) is 0 Å². The molecule has 0 atom stereocenters. The molecule has 0 unspecified atom stereocenters. The number of benzene rings is 5. The lowest BCUT2D eigenvalue weighted by atomic mass is 9.86. The van der Waals surface area contributed by atoms with Crippen LogP contribution in [0.4, 0.5) is 0 Å². The third kappa shape index (κ3) is 3.84. The summed E-state index contributed by atoms with van der Waals surface area (Å²) in [5, 5.41) is 1.11. The molecule has 0 aliphatic heterocycles. The number of nitrogens with zero attached hydrogens (tertiary/aromatic N) is 4. The average molecular weight is 581 g/mol. The summed E-state index contributed by atoms with van der Waals surface area (Å²) in [5.74, 6) is 2.96. The second-order valence-corrected chi connectivity index (χ2v) is 12.1. The fourth-order valence-electron chi connectivity index (χ4n) is 6.82. The Labute approximate surface area is 260 Å². The van der Waals surface area contributed by atoms with Crippen LogP contribution < -0.4 is 0 Å². The number of fused-ring (bicyclic) bond motifs is 7. The Morgan fingerprint density at radius 2 is 1.09 bits per heavy atom. The van der Waals surface area contributed by atoms with Crippen molar-refractivity contribution in [2.75, 3.05) is 0 Å². The molecule has 0 bridgehead atoms. The molecule has 0 saturated carbocycles. The molecular formula is C40H28N4O. The zero-order chi connectivity index (χ0) is 30.1. The molecule has 1 aliphatic rings. The van der Waals surface area contributed by atoms with Crippen LogP contribution in [-0.4, -0.2) is 19.5 Å². The molecule has 8 aromatic rings. The van der Waals surface area contributed by atoms with E-state index in [9.17, 15) is 0 Å². The fraction of sp³-hybridized carbons (Fsp3) is 0.0750. The minimum atomic E-state index is -0.216. The van der Waals surface area contributed by atoms with Crippen LogP contribution in [0.5, 0.6) is 0 Å². The van der Waals surface area contributed by atoms with Crippen LogP contribution in [0.1, 0.15) is 25.2 Å². The summed E-state index contributed by atoms with van der Waals surface area (Å²) in [4.78, 5) is 14.7. The van der Waals surface area contributed by atoms with Gasteiger partial charge in [-0.05, 0) is 61.4 Å². The van der Waals surface area contributed by atoms with Gasteiger partial charge in [0.25, 0.3) is 0 Å². The van der Waals surface area contributed by atoms with Crippen LogP contribution in [-0.2, 0) is 5.41 Å². The third-order valence-corrected chi connectivity index (χ3v) is 9.02. The zero-order valence-corrected chi connectivity index (χ0v) is 24.9. The van der Waals surface area contributed by atoms with Crippen molar-refractivity contribution >= 4 is 22.0 Å². The van der Waals surface area contributed by atoms with E-state index >= 15 is 0 Å². The van der Waals surface area contributed by atoms with Crippen molar-refractivity contribution in [3.05, 3.63) is 145 Å². The van der Waals surface area contributed by atoms with Gasteiger partial charge in [0.15, 0.2) is 23.1 Å². The molecule has 0 N–H and O–H groups in total. The topological polar surface area (TPSA) is 56.7 Å². The maximum absolute atomic E-state index is 6.78. The van der Waals surface area contributed by atoms with Gasteiger partial charge in [-0.1, -0.05) is 97.1 Å². The van der Waals surface area contributed by atoms with Crippen LogP contribution in [0.2, 0.25) is 0 Å². The maximum Gasteiger partial charge on any atom is 0.164 e. The van der Waals surface area contributed by atoms with Gasteiger partial charge in [0.1, 0.15) is 11.3 Å². The predicted octanol–water partition coefficient (Wildman–Crippen LogP) is 9.87. The van der Waals surface area contributed by atoms with E-state index in [1.54, 1.807) is 0 Å². The molecule has 0 amide bonds. The molecule has 0 radical (unpaired) electrons. The van der Waals surface area contributed by atoms with Crippen LogP contribution in [0, 0.1) is 0 Å². The quantitative estimate of drug-likeness (QED) is 0.208. The highest BCUT2D eigenvalue weighted by Gasteiger charge is 2.42. The Kier molecular flexibility index (Phi) is 5.47. The van der Waals surface area contributed by atoms with E-state index in [4.69, 9.17) is 19.4 Å². The highest BCUT2D eigenvalue weighted by atomic mass is 16.3. The van der Waals surface area contributed by atoms with Crippen molar-refractivity contribution in [2.24, 2.45) is 0 Å². The van der Waals surface area contributed by atoms with Gasteiger partial charge in [-0.3, -0.25) is 0 Å². The molecule has 0 spiro atoms. The Bertz CT molecular complexity index is 2330. The van der Waals surface area contributed by atoms with Crippen LogP contribution >= 0.6 is 0 Å². The highest BCUT2D eigenvalue weighted by molar-refractivity contribution is 6.13. The Morgan fingerprint density at radius 3 is 1.73 bits per heavy atom. The molecule has 1 aliphatic carbocycles. The molecular weight excluding hydrogens is 552 g/mol. The van der Waals surface area contributed by atoms with Gasteiger partial charge in [0, 0.05) is 38.7 Å². The van der Waals surface area contributed by atoms with E-state index in [-0.39, 0.29) is 5.41 Å². The van der Waals surface area contributed by atoms with Gasteiger partial charge >= 0.3 is 0 Å². The van der Waals surface area contributed by atoms with Gasteiger partial charge in [-0.15, -0.1) is 0 Å². The summed E-state index contributed by atoms with van der Waals surface area (Å²) in [6.45, 7) is 4.51. The van der Waals surface area contributed by atoms with E-state index in [1.165, 1.54) is 16.7 Å². The summed E-state index contributed by atoms with van der Waals surface area (Å²) in [6, 6.07) is 45.8. The van der Waals surface area contributed by atoms with E-state index in [0.717, 1.165) is 50.1 Å². The normalized spacial score (nSPS) is 13.3. The highest BCUT2D eigenvalue weighted by Crippen LogP contribution is 2.54.